The summed E-state index contributed by atoms with van der Waals surface area (Å²) in [5.74, 6) is -1.03. The van der Waals surface area contributed by atoms with Gasteiger partial charge in [-0.3, -0.25) is 9.59 Å². The molecule has 1 atom stereocenters. The van der Waals surface area contributed by atoms with Crippen LogP contribution in [0.5, 0.6) is 0 Å². The van der Waals surface area contributed by atoms with Gasteiger partial charge in [0.05, 0.1) is 5.41 Å². The zero-order valence-corrected chi connectivity index (χ0v) is 21.2. The van der Waals surface area contributed by atoms with Crippen molar-refractivity contribution in [3.63, 3.8) is 0 Å². The molecule has 2 rings (SSSR count). The summed E-state index contributed by atoms with van der Waals surface area (Å²) in [7, 11) is -5.82. The molecule has 0 aromatic carbocycles. The largest absolute Gasteiger partial charge is 0.534 e. The third kappa shape index (κ3) is 6.31. The first-order chi connectivity index (χ1) is 15.3. The lowest BCUT2D eigenvalue weighted by Crippen LogP contribution is -2.33. The molecule has 34 heavy (non-hydrogen) atoms. The lowest BCUT2D eigenvalue weighted by Gasteiger charge is -2.35. The fourth-order valence-corrected chi connectivity index (χ4v) is 4.62. The van der Waals surface area contributed by atoms with E-state index >= 15 is 0 Å². The van der Waals surface area contributed by atoms with Crippen LogP contribution in [0.3, 0.4) is 0 Å². The second-order valence-corrected chi connectivity index (χ2v) is 12.2. The number of carbonyl (C=O) groups excluding carboxylic acids is 2. The van der Waals surface area contributed by atoms with Crippen LogP contribution in [0.25, 0.3) is 0 Å². The van der Waals surface area contributed by atoms with Crippen molar-refractivity contribution in [2.24, 2.45) is 22.2 Å². The number of rotatable bonds is 8. The van der Waals surface area contributed by atoms with Gasteiger partial charge in [-0.1, -0.05) is 32.9 Å². The fourth-order valence-electron chi connectivity index (χ4n) is 3.99. The number of halogens is 3. The lowest BCUT2D eigenvalue weighted by atomic mass is 9.73. The van der Waals surface area contributed by atoms with Crippen molar-refractivity contribution in [1.82, 2.24) is 0 Å². The first kappa shape index (κ1) is 28.1. The van der Waals surface area contributed by atoms with Gasteiger partial charge in [-0.2, -0.15) is 21.6 Å². The average molecular weight is 507 g/mol. The van der Waals surface area contributed by atoms with Crippen LogP contribution in [-0.2, 0) is 28.6 Å². The number of ether oxygens (including phenoxy) is 1. The van der Waals surface area contributed by atoms with Gasteiger partial charge >= 0.3 is 21.6 Å². The Kier molecular flexibility index (Phi) is 7.87. The number of allylic oxidation sites excluding steroid dienone is 4. The monoisotopic (exact) mass is 506 g/mol. The molecule has 0 N–H and O–H groups in total. The highest BCUT2D eigenvalue weighted by atomic mass is 32.2. The number of alkyl halides is 3. The minimum absolute atomic E-state index is 0.0583. The molecule has 0 saturated carbocycles. The van der Waals surface area contributed by atoms with Gasteiger partial charge in [-0.15, -0.1) is 0 Å². The molecule has 0 heterocycles. The van der Waals surface area contributed by atoms with E-state index in [1.54, 1.807) is 53.7 Å². The van der Waals surface area contributed by atoms with Crippen molar-refractivity contribution in [3.8, 4) is 0 Å². The third-order valence-electron chi connectivity index (χ3n) is 6.35. The molecule has 0 spiro atoms. The van der Waals surface area contributed by atoms with E-state index in [4.69, 9.17) is 8.92 Å². The Morgan fingerprint density at radius 2 is 1.68 bits per heavy atom. The Bertz CT molecular complexity index is 996. The maximum absolute atomic E-state index is 13.1. The summed E-state index contributed by atoms with van der Waals surface area (Å²) < 4.78 is 73.2. The zero-order valence-electron chi connectivity index (χ0n) is 20.4. The van der Waals surface area contributed by atoms with Crippen molar-refractivity contribution in [3.05, 3.63) is 35.6 Å². The van der Waals surface area contributed by atoms with Gasteiger partial charge in [0.25, 0.3) is 0 Å². The van der Waals surface area contributed by atoms with Gasteiger partial charge in [-0.25, -0.2) is 0 Å². The molecule has 0 unspecified atom stereocenters. The highest BCUT2D eigenvalue weighted by molar-refractivity contribution is 7.87. The van der Waals surface area contributed by atoms with E-state index in [-0.39, 0.29) is 30.5 Å². The molecule has 10 heteroatoms. The lowest BCUT2D eigenvalue weighted by molar-refractivity contribution is -0.155. The molecule has 0 fully saturated rings. The number of carbonyl (C=O) groups is 2. The quantitative estimate of drug-likeness (QED) is 0.242. The van der Waals surface area contributed by atoms with Crippen LogP contribution in [0, 0.1) is 22.2 Å². The van der Waals surface area contributed by atoms with Gasteiger partial charge in [0, 0.05) is 10.8 Å². The standard InChI is InChI=1S/C24H33F3O6S/c1-16(2)18-9-10-22(6,19(18)33-34(30,31)24(25,26)27)13-14-23(11-7-17(28)8-12-23)15-32-20(29)21(3,4)5/h7-8,11-12,16H,9-10,13-15H2,1-6H3/t22-/m1/s1. The maximum Gasteiger partial charge on any atom is 0.534 e. The maximum atomic E-state index is 13.1. The van der Waals surface area contributed by atoms with Crippen LogP contribution >= 0.6 is 0 Å². The molecule has 0 aromatic rings. The van der Waals surface area contributed by atoms with E-state index in [1.165, 1.54) is 12.2 Å². The average Bonchev–Trinajstić information content (AvgIpc) is 3.01. The van der Waals surface area contributed by atoms with Crippen LogP contribution in [0.15, 0.2) is 35.6 Å². The third-order valence-corrected chi connectivity index (χ3v) is 7.30. The number of hydrogen-bond donors (Lipinski definition) is 0. The number of hydrogen-bond acceptors (Lipinski definition) is 6. The highest BCUT2D eigenvalue weighted by Gasteiger charge is 2.52. The summed E-state index contributed by atoms with van der Waals surface area (Å²) in [5.41, 5.74) is -7.58. The topological polar surface area (TPSA) is 86.7 Å². The highest BCUT2D eigenvalue weighted by Crippen LogP contribution is 2.52. The Hall–Kier alpha value is -2.10. The summed E-state index contributed by atoms with van der Waals surface area (Å²) in [4.78, 5) is 24.0. The van der Waals surface area contributed by atoms with Gasteiger partial charge < -0.3 is 8.92 Å². The molecule has 2 aliphatic carbocycles. The number of ketones is 1. The summed E-state index contributed by atoms with van der Waals surface area (Å²) in [6.07, 6.45) is 7.35. The molecular weight excluding hydrogens is 473 g/mol. The molecule has 0 bridgehead atoms. The normalized spacial score (nSPS) is 23.1. The van der Waals surface area contributed by atoms with Crippen molar-refractivity contribution in [2.45, 2.75) is 72.7 Å². The van der Waals surface area contributed by atoms with Crippen LogP contribution in [0.4, 0.5) is 13.2 Å². The van der Waals surface area contributed by atoms with E-state index in [9.17, 15) is 31.2 Å². The first-order valence-corrected chi connectivity index (χ1v) is 12.6. The van der Waals surface area contributed by atoms with Gasteiger partial charge in [0.2, 0.25) is 0 Å². The minimum Gasteiger partial charge on any atom is -0.464 e. The van der Waals surface area contributed by atoms with Crippen LogP contribution < -0.4 is 0 Å². The SMILES string of the molecule is CC(C)C1=C(OS(=O)(=O)C(F)(F)F)[C@@](C)(CCC2(COC(=O)C(C)(C)C)C=CC(=O)C=C2)CC1. The molecular formula is C24H33F3O6S. The van der Waals surface area contributed by atoms with Gasteiger partial charge in [0.1, 0.15) is 12.4 Å². The van der Waals surface area contributed by atoms with Crippen LogP contribution in [0.1, 0.15) is 67.2 Å². The van der Waals surface area contributed by atoms with Crippen molar-refractivity contribution in [2.75, 3.05) is 6.61 Å². The van der Waals surface area contributed by atoms with Crippen molar-refractivity contribution in [1.29, 1.82) is 0 Å². The summed E-state index contributed by atoms with van der Waals surface area (Å²) in [5, 5.41) is 0. The molecule has 0 saturated heterocycles. The van der Waals surface area contributed by atoms with E-state index in [1.807, 2.05) is 0 Å². The second-order valence-electron chi connectivity index (χ2n) is 10.7. The van der Waals surface area contributed by atoms with E-state index in [0.29, 0.717) is 24.8 Å². The predicted molar refractivity (Wildman–Crippen MR) is 121 cm³/mol. The summed E-state index contributed by atoms with van der Waals surface area (Å²) in [6, 6.07) is 0. The molecule has 192 valence electrons. The molecule has 2 aliphatic rings. The molecule has 0 aliphatic heterocycles. The molecule has 0 amide bonds. The Morgan fingerprint density at radius 1 is 1.12 bits per heavy atom. The summed E-state index contributed by atoms with van der Waals surface area (Å²) >= 11 is 0. The van der Waals surface area contributed by atoms with Crippen LogP contribution in [0.2, 0.25) is 0 Å². The van der Waals surface area contributed by atoms with Crippen molar-refractivity contribution < 1.29 is 40.1 Å². The second kappa shape index (κ2) is 9.51. The molecule has 0 radical (unpaired) electrons. The van der Waals surface area contributed by atoms with Crippen LogP contribution in [-0.4, -0.2) is 32.3 Å². The van der Waals surface area contributed by atoms with E-state index in [0.717, 1.165) is 0 Å². The fraction of sp³-hybridized carbons (Fsp3) is 0.667. The molecule has 6 nitrogen and oxygen atoms in total. The van der Waals surface area contributed by atoms with Crippen molar-refractivity contribution >= 4 is 21.9 Å². The predicted octanol–water partition coefficient (Wildman–Crippen LogP) is 5.61. The zero-order chi connectivity index (χ0) is 26.2. The van der Waals surface area contributed by atoms with Gasteiger partial charge in [-0.05, 0) is 70.1 Å². The number of esters is 1. The Balaban J connectivity index is 2.34. The first-order valence-electron chi connectivity index (χ1n) is 11.2. The van der Waals surface area contributed by atoms with Gasteiger partial charge in [0.15, 0.2) is 5.78 Å². The summed E-state index contributed by atoms with van der Waals surface area (Å²) in [6.45, 7) is 10.3. The minimum atomic E-state index is -5.82. The molecule has 0 aromatic heterocycles. The van der Waals surface area contributed by atoms with E-state index < -0.39 is 37.8 Å². The Labute approximate surface area is 199 Å². The van der Waals surface area contributed by atoms with E-state index in [2.05, 4.69) is 0 Å². The Morgan fingerprint density at radius 3 is 2.15 bits per heavy atom. The smallest absolute Gasteiger partial charge is 0.464 e.